The SMILES string of the molecule is CC(=O)CCc1nc(-c2cc(Cl)cc(Cl)c2)no1. The summed E-state index contributed by atoms with van der Waals surface area (Å²) in [6.45, 7) is 1.52. The second-order valence-corrected chi connectivity index (χ2v) is 4.74. The van der Waals surface area contributed by atoms with Gasteiger partial charge < -0.3 is 9.32 Å². The molecule has 0 atom stereocenters. The monoisotopic (exact) mass is 284 g/mol. The van der Waals surface area contributed by atoms with E-state index in [0.717, 1.165) is 0 Å². The Kier molecular flexibility index (Phi) is 3.99. The number of rotatable bonds is 4. The molecule has 0 saturated carbocycles. The first-order valence-electron chi connectivity index (χ1n) is 5.33. The first kappa shape index (κ1) is 13.1. The van der Waals surface area contributed by atoms with E-state index in [1.165, 1.54) is 6.92 Å². The van der Waals surface area contributed by atoms with E-state index in [4.69, 9.17) is 27.7 Å². The first-order valence-corrected chi connectivity index (χ1v) is 6.08. The number of ketones is 1. The van der Waals surface area contributed by atoms with Crippen LogP contribution in [0, 0.1) is 0 Å². The fourth-order valence-corrected chi connectivity index (χ4v) is 1.97. The maximum atomic E-state index is 10.9. The Morgan fingerprint density at radius 1 is 1.28 bits per heavy atom. The summed E-state index contributed by atoms with van der Waals surface area (Å²) in [7, 11) is 0. The van der Waals surface area contributed by atoms with E-state index >= 15 is 0 Å². The van der Waals surface area contributed by atoms with E-state index in [0.29, 0.717) is 40.2 Å². The first-order chi connectivity index (χ1) is 8.54. The molecule has 0 saturated heterocycles. The third-order valence-corrected chi connectivity index (χ3v) is 2.72. The number of carbonyl (C=O) groups excluding carboxylic acids is 1. The van der Waals surface area contributed by atoms with Crippen LogP contribution in [-0.4, -0.2) is 15.9 Å². The number of hydrogen-bond acceptors (Lipinski definition) is 4. The molecule has 4 nitrogen and oxygen atoms in total. The van der Waals surface area contributed by atoms with E-state index in [1.54, 1.807) is 18.2 Å². The van der Waals surface area contributed by atoms with Gasteiger partial charge in [-0.2, -0.15) is 4.98 Å². The topological polar surface area (TPSA) is 56.0 Å². The van der Waals surface area contributed by atoms with Crippen molar-refractivity contribution in [1.29, 1.82) is 0 Å². The zero-order valence-corrected chi connectivity index (χ0v) is 11.1. The van der Waals surface area contributed by atoms with Crippen LogP contribution in [0.1, 0.15) is 19.2 Å². The molecule has 0 N–H and O–H groups in total. The van der Waals surface area contributed by atoms with Crippen LogP contribution < -0.4 is 0 Å². The molecule has 6 heteroatoms. The highest BCUT2D eigenvalue weighted by Gasteiger charge is 2.10. The van der Waals surface area contributed by atoms with Crippen molar-refractivity contribution in [2.24, 2.45) is 0 Å². The van der Waals surface area contributed by atoms with Gasteiger partial charge in [-0.1, -0.05) is 28.4 Å². The molecule has 0 amide bonds. The molecule has 1 aromatic carbocycles. The molecule has 0 spiro atoms. The van der Waals surface area contributed by atoms with E-state index in [2.05, 4.69) is 10.1 Å². The van der Waals surface area contributed by atoms with Crippen LogP contribution in [0.2, 0.25) is 10.0 Å². The molecule has 0 fully saturated rings. The van der Waals surface area contributed by atoms with Gasteiger partial charge in [-0.3, -0.25) is 0 Å². The highest BCUT2D eigenvalue weighted by molar-refractivity contribution is 6.35. The Labute approximate surface area is 114 Å². The Bertz CT molecular complexity index is 561. The molecule has 0 radical (unpaired) electrons. The van der Waals surface area contributed by atoms with Crippen LogP contribution in [0.25, 0.3) is 11.4 Å². The predicted octanol–water partition coefficient (Wildman–Crippen LogP) is 3.57. The highest BCUT2D eigenvalue weighted by Crippen LogP contribution is 2.25. The molecule has 0 bridgehead atoms. The molecule has 0 aliphatic heterocycles. The van der Waals surface area contributed by atoms with Gasteiger partial charge in [0.05, 0.1) is 0 Å². The third kappa shape index (κ3) is 3.31. The smallest absolute Gasteiger partial charge is 0.227 e. The number of halogens is 2. The molecule has 0 aliphatic rings. The van der Waals surface area contributed by atoms with Gasteiger partial charge in [0, 0.05) is 28.5 Å². The van der Waals surface area contributed by atoms with Gasteiger partial charge in [-0.05, 0) is 25.1 Å². The van der Waals surface area contributed by atoms with E-state index in [-0.39, 0.29) is 5.78 Å². The van der Waals surface area contributed by atoms with Crippen molar-refractivity contribution in [3.63, 3.8) is 0 Å². The van der Waals surface area contributed by atoms with Gasteiger partial charge in [-0.25, -0.2) is 0 Å². The van der Waals surface area contributed by atoms with Crippen LogP contribution in [0.3, 0.4) is 0 Å². The average molecular weight is 285 g/mol. The lowest BCUT2D eigenvalue weighted by molar-refractivity contribution is -0.117. The van der Waals surface area contributed by atoms with Gasteiger partial charge >= 0.3 is 0 Å². The molecule has 1 aromatic heterocycles. The van der Waals surface area contributed by atoms with Gasteiger partial charge in [0.1, 0.15) is 5.78 Å². The summed E-state index contributed by atoms with van der Waals surface area (Å²) in [6.07, 6.45) is 0.828. The molecular weight excluding hydrogens is 275 g/mol. The fraction of sp³-hybridized carbons (Fsp3) is 0.250. The molecule has 0 aliphatic carbocycles. The summed E-state index contributed by atoms with van der Waals surface area (Å²) < 4.78 is 5.05. The van der Waals surface area contributed by atoms with Crippen molar-refractivity contribution in [3.8, 4) is 11.4 Å². The van der Waals surface area contributed by atoms with E-state index in [9.17, 15) is 4.79 Å². The van der Waals surface area contributed by atoms with Crippen LogP contribution in [-0.2, 0) is 11.2 Å². The Morgan fingerprint density at radius 2 is 1.94 bits per heavy atom. The number of aryl methyl sites for hydroxylation is 1. The van der Waals surface area contributed by atoms with E-state index in [1.807, 2.05) is 0 Å². The number of carbonyl (C=O) groups is 1. The van der Waals surface area contributed by atoms with Crippen molar-refractivity contribution in [2.75, 3.05) is 0 Å². The van der Waals surface area contributed by atoms with Crippen molar-refractivity contribution in [3.05, 3.63) is 34.1 Å². The third-order valence-electron chi connectivity index (χ3n) is 2.28. The van der Waals surface area contributed by atoms with Gasteiger partial charge in [-0.15, -0.1) is 0 Å². The van der Waals surface area contributed by atoms with Crippen LogP contribution in [0.15, 0.2) is 22.7 Å². The Balaban J connectivity index is 2.21. The summed E-state index contributed by atoms with van der Waals surface area (Å²) in [4.78, 5) is 15.0. The lowest BCUT2D eigenvalue weighted by atomic mass is 10.2. The lowest BCUT2D eigenvalue weighted by Crippen LogP contribution is -1.94. The lowest BCUT2D eigenvalue weighted by Gasteiger charge is -1.97. The fourth-order valence-electron chi connectivity index (χ4n) is 1.44. The van der Waals surface area contributed by atoms with Gasteiger partial charge in [0.2, 0.25) is 11.7 Å². The zero-order chi connectivity index (χ0) is 13.1. The molecule has 2 aromatic rings. The normalized spacial score (nSPS) is 10.6. The molecule has 2 rings (SSSR count). The minimum absolute atomic E-state index is 0.0838. The number of aromatic nitrogens is 2. The number of nitrogens with zero attached hydrogens (tertiary/aromatic N) is 2. The predicted molar refractivity (Wildman–Crippen MR) is 68.8 cm³/mol. The summed E-state index contributed by atoms with van der Waals surface area (Å²) in [5.74, 6) is 0.926. The van der Waals surface area contributed by atoms with Crippen LogP contribution in [0.5, 0.6) is 0 Å². The second-order valence-electron chi connectivity index (χ2n) is 3.87. The van der Waals surface area contributed by atoms with Crippen molar-refractivity contribution >= 4 is 29.0 Å². The summed E-state index contributed by atoms with van der Waals surface area (Å²) in [5, 5.41) is 4.85. The van der Waals surface area contributed by atoms with Gasteiger partial charge in [0.25, 0.3) is 0 Å². The summed E-state index contributed by atoms with van der Waals surface area (Å²) >= 11 is 11.8. The van der Waals surface area contributed by atoms with Crippen LogP contribution >= 0.6 is 23.2 Å². The summed E-state index contributed by atoms with van der Waals surface area (Å²) in [6, 6.07) is 5.03. The van der Waals surface area contributed by atoms with Gasteiger partial charge in [0.15, 0.2) is 0 Å². The molecule has 1 heterocycles. The number of Topliss-reactive ketones (excluding diaryl/α,β-unsaturated/α-hetero) is 1. The average Bonchev–Trinajstić information content (AvgIpc) is 2.73. The standard InChI is InChI=1S/C12H10Cl2N2O2/c1-7(17)2-3-11-15-12(16-18-11)8-4-9(13)6-10(14)5-8/h4-6H,2-3H2,1H3. The second kappa shape index (κ2) is 5.50. The Hall–Kier alpha value is -1.39. The number of hydrogen-bond donors (Lipinski definition) is 0. The van der Waals surface area contributed by atoms with Crippen molar-refractivity contribution in [2.45, 2.75) is 19.8 Å². The van der Waals surface area contributed by atoms with Crippen LogP contribution in [0.4, 0.5) is 0 Å². The maximum Gasteiger partial charge on any atom is 0.227 e. The largest absolute Gasteiger partial charge is 0.339 e. The number of benzene rings is 1. The molecule has 0 unspecified atom stereocenters. The molecular formula is C12H10Cl2N2O2. The molecule has 94 valence electrons. The summed E-state index contributed by atoms with van der Waals surface area (Å²) in [5.41, 5.74) is 0.685. The minimum atomic E-state index is 0.0838. The zero-order valence-electron chi connectivity index (χ0n) is 9.61. The minimum Gasteiger partial charge on any atom is -0.339 e. The van der Waals surface area contributed by atoms with E-state index < -0.39 is 0 Å². The van der Waals surface area contributed by atoms with Crippen molar-refractivity contribution < 1.29 is 9.32 Å². The Morgan fingerprint density at radius 3 is 2.56 bits per heavy atom. The maximum absolute atomic E-state index is 10.9. The molecule has 18 heavy (non-hydrogen) atoms. The quantitative estimate of drug-likeness (QED) is 0.861. The van der Waals surface area contributed by atoms with Crippen molar-refractivity contribution in [1.82, 2.24) is 10.1 Å². The highest BCUT2D eigenvalue weighted by atomic mass is 35.5.